The Balaban J connectivity index is 0.000000271. The Morgan fingerprint density at radius 3 is 2.50 bits per heavy atom. The molecule has 0 spiro atoms. The van der Waals surface area contributed by atoms with Crippen molar-refractivity contribution in [1.82, 2.24) is 19.9 Å². The fraction of sp³-hybridized carbons (Fsp3) is 0.133. The van der Waals surface area contributed by atoms with E-state index in [0.29, 0.717) is 51.3 Å². The summed E-state index contributed by atoms with van der Waals surface area (Å²) in [7, 11) is -4.02. The van der Waals surface area contributed by atoms with Gasteiger partial charge < -0.3 is 14.7 Å². The summed E-state index contributed by atoms with van der Waals surface area (Å²) in [5.41, 5.74) is 3.17. The van der Waals surface area contributed by atoms with Gasteiger partial charge in [0.15, 0.2) is 11.5 Å². The lowest BCUT2D eigenvalue weighted by molar-refractivity contribution is 0.483. The van der Waals surface area contributed by atoms with Gasteiger partial charge in [-0.3, -0.25) is 9.35 Å². The maximum Gasteiger partial charge on any atom is 0.294 e. The van der Waals surface area contributed by atoms with Crippen LogP contribution in [0.5, 0.6) is 0 Å². The van der Waals surface area contributed by atoms with Gasteiger partial charge in [-0.15, -0.1) is 0 Å². The van der Waals surface area contributed by atoms with Crippen LogP contribution in [0, 0.1) is 12.7 Å². The Labute approximate surface area is 240 Å². The predicted molar refractivity (Wildman–Crippen MR) is 157 cm³/mol. The number of nitrogens with zero attached hydrogens (tertiary/aromatic N) is 3. The standard InChI is InChI=1S/C23H18FN5O2.C7H8O3S/c1-2-16(29-23-19-22(26-11-25-19)27-12-28-23)21-18(13-6-5-7-14(24)10-13)20(30)15-8-3-4-9-17(15)31-21;1-6-2-4-7(5-3-6)11(8,9)10/h3-12,16H,2H2,1H3,(H2,25,26,27,28,29);2-5H,1H3,(H,8,9,10)/t16-;/m0./s1. The van der Waals surface area contributed by atoms with Gasteiger partial charge in [0.25, 0.3) is 10.1 Å². The third-order valence-corrected chi connectivity index (χ3v) is 7.38. The van der Waals surface area contributed by atoms with E-state index in [2.05, 4.69) is 25.3 Å². The number of aryl methyl sites for hydroxylation is 1. The van der Waals surface area contributed by atoms with Gasteiger partial charge >= 0.3 is 0 Å². The monoisotopic (exact) mass is 587 g/mol. The minimum atomic E-state index is -4.02. The van der Waals surface area contributed by atoms with E-state index in [9.17, 15) is 17.6 Å². The molecule has 3 aromatic heterocycles. The fourth-order valence-electron chi connectivity index (χ4n) is 4.42. The number of fused-ring (bicyclic) bond motifs is 2. The van der Waals surface area contributed by atoms with Gasteiger partial charge in [0, 0.05) is 0 Å². The van der Waals surface area contributed by atoms with Crippen molar-refractivity contribution in [2.45, 2.75) is 31.2 Å². The molecule has 0 bridgehead atoms. The van der Waals surface area contributed by atoms with Crippen LogP contribution in [0.2, 0.25) is 0 Å². The molecule has 12 heteroatoms. The van der Waals surface area contributed by atoms with Crippen LogP contribution < -0.4 is 10.7 Å². The lowest BCUT2D eigenvalue weighted by Gasteiger charge is -2.20. The number of imidazole rings is 1. The van der Waals surface area contributed by atoms with Crippen molar-refractivity contribution in [2.24, 2.45) is 0 Å². The maximum absolute atomic E-state index is 14.0. The summed E-state index contributed by atoms with van der Waals surface area (Å²) in [5.74, 6) is 0.504. The van der Waals surface area contributed by atoms with Crippen LogP contribution in [-0.2, 0) is 10.1 Å². The number of para-hydroxylation sites is 1. The number of benzene rings is 3. The average Bonchev–Trinajstić information content (AvgIpc) is 3.46. The quantitative estimate of drug-likeness (QED) is 0.197. The normalized spacial score (nSPS) is 12.1. The van der Waals surface area contributed by atoms with Crippen LogP contribution in [0.3, 0.4) is 0 Å². The molecule has 3 heterocycles. The summed E-state index contributed by atoms with van der Waals surface area (Å²) in [6, 6.07) is 18.6. The Bertz CT molecular complexity index is 2040. The van der Waals surface area contributed by atoms with Crippen molar-refractivity contribution < 1.29 is 21.8 Å². The van der Waals surface area contributed by atoms with E-state index < -0.39 is 22.0 Å². The molecule has 214 valence electrons. The van der Waals surface area contributed by atoms with E-state index in [4.69, 9.17) is 8.97 Å². The number of aromatic amines is 1. The summed E-state index contributed by atoms with van der Waals surface area (Å²) >= 11 is 0. The highest BCUT2D eigenvalue weighted by molar-refractivity contribution is 7.85. The zero-order chi connectivity index (χ0) is 29.9. The van der Waals surface area contributed by atoms with E-state index in [1.54, 1.807) is 48.8 Å². The first-order valence-electron chi connectivity index (χ1n) is 12.9. The molecule has 3 N–H and O–H groups in total. The molecule has 6 aromatic rings. The number of hydrogen-bond acceptors (Lipinski definition) is 8. The molecule has 6 rings (SSSR count). The summed E-state index contributed by atoms with van der Waals surface area (Å²) in [5, 5.41) is 3.77. The molecule has 0 saturated carbocycles. The molecule has 0 amide bonds. The summed E-state index contributed by atoms with van der Waals surface area (Å²) in [6.45, 7) is 3.80. The number of anilines is 1. The largest absolute Gasteiger partial charge is 0.458 e. The number of H-pyrrole nitrogens is 1. The lowest BCUT2D eigenvalue weighted by atomic mass is 9.97. The lowest BCUT2D eigenvalue weighted by Crippen LogP contribution is -2.17. The number of rotatable bonds is 6. The summed E-state index contributed by atoms with van der Waals surface area (Å²) in [6.07, 6.45) is 3.55. The van der Waals surface area contributed by atoms with Crippen molar-refractivity contribution in [2.75, 3.05) is 5.32 Å². The summed E-state index contributed by atoms with van der Waals surface area (Å²) in [4.78, 5) is 29.1. The smallest absolute Gasteiger partial charge is 0.294 e. The highest BCUT2D eigenvalue weighted by atomic mass is 32.2. The number of halogens is 1. The van der Waals surface area contributed by atoms with E-state index >= 15 is 0 Å². The first kappa shape index (κ1) is 28.6. The molecule has 0 radical (unpaired) electrons. The molecule has 0 aliphatic rings. The summed E-state index contributed by atoms with van der Waals surface area (Å²) < 4.78 is 49.8. The molecule has 0 aliphatic heterocycles. The van der Waals surface area contributed by atoms with Crippen molar-refractivity contribution in [1.29, 1.82) is 0 Å². The van der Waals surface area contributed by atoms with Crippen LogP contribution in [0.1, 0.15) is 30.7 Å². The molecule has 0 saturated heterocycles. The molecule has 10 nitrogen and oxygen atoms in total. The highest BCUT2D eigenvalue weighted by Gasteiger charge is 2.24. The molecule has 1 atom stereocenters. The minimum absolute atomic E-state index is 0.0666. The molecular weight excluding hydrogens is 561 g/mol. The van der Waals surface area contributed by atoms with Crippen LogP contribution in [-0.4, -0.2) is 32.9 Å². The van der Waals surface area contributed by atoms with Gasteiger partial charge in [0.05, 0.1) is 28.2 Å². The molecule has 3 aromatic carbocycles. The molecule has 0 aliphatic carbocycles. The third-order valence-electron chi connectivity index (χ3n) is 6.51. The van der Waals surface area contributed by atoms with Crippen LogP contribution >= 0.6 is 0 Å². The first-order valence-corrected chi connectivity index (χ1v) is 14.4. The molecule has 0 unspecified atom stereocenters. The van der Waals surface area contributed by atoms with Gasteiger partial charge in [0.1, 0.15) is 29.0 Å². The third kappa shape index (κ3) is 6.04. The Hall–Kier alpha value is -4.94. The Morgan fingerprint density at radius 1 is 1.02 bits per heavy atom. The fourth-order valence-corrected chi connectivity index (χ4v) is 4.90. The Kier molecular flexibility index (Phi) is 8.09. The van der Waals surface area contributed by atoms with Crippen LogP contribution in [0.4, 0.5) is 10.2 Å². The Morgan fingerprint density at radius 2 is 1.79 bits per heavy atom. The average molecular weight is 588 g/mol. The molecule has 0 fully saturated rings. The topological polar surface area (TPSA) is 151 Å². The minimum Gasteiger partial charge on any atom is -0.458 e. The molecular formula is C30H26FN5O5S. The van der Waals surface area contributed by atoms with Crippen molar-refractivity contribution in [3.63, 3.8) is 0 Å². The zero-order valence-corrected chi connectivity index (χ0v) is 23.4. The van der Waals surface area contributed by atoms with Gasteiger partial charge in [0.2, 0.25) is 5.43 Å². The maximum atomic E-state index is 14.0. The number of hydrogen-bond donors (Lipinski definition) is 3. The predicted octanol–water partition coefficient (Wildman–Crippen LogP) is 6.07. The van der Waals surface area contributed by atoms with Crippen LogP contribution in [0.15, 0.2) is 99.6 Å². The van der Waals surface area contributed by atoms with E-state index in [-0.39, 0.29) is 10.3 Å². The van der Waals surface area contributed by atoms with Crippen LogP contribution in [0.25, 0.3) is 33.3 Å². The SMILES string of the molecule is CC[C@H](Nc1ncnc2[nH]cnc12)c1oc2ccccc2c(=O)c1-c1cccc(F)c1.Cc1ccc(S(=O)(=O)O)cc1. The van der Waals surface area contributed by atoms with Crippen molar-refractivity contribution in [3.05, 3.63) is 113 Å². The van der Waals surface area contributed by atoms with Crippen molar-refractivity contribution in [3.8, 4) is 11.1 Å². The number of aromatic nitrogens is 4. The molecule has 42 heavy (non-hydrogen) atoms. The van der Waals surface area contributed by atoms with Gasteiger partial charge in [-0.05, 0) is 55.3 Å². The first-order chi connectivity index (χ1) is 20.2. The van der Waals surface area contributed by atoms with Gasteiger partial charge in [-0.1, -0.05) is 48.9 Å². The second-order valence-corrected chi connectivity index (χ2v) is 10.8. The van der Waals surface area contributed by atoms with E-state index in [0.717, 1.165) is 5.56 Å². The second-order valence-electron chi connectivity index (χ2n) is 9.39. The van der Waals surface area contributed by atoms with Crippen molar-refractivity contribution >= 4 is 38.1 Å². The number of nitrogens with one attached hydrogen (secondary N) is 2. The highest BCUT2D eigenvalue weighted by Crippen LogP contribution is 2.33. The van der Waals surface area contributed by atoms with E-state index in [1.165, 1.54) is 30.6 Å². The zero-order valence-electron chi connectivity index (χ0n) is 22.6. The second kappa shape index (κ2) is 11.9. The van der Waals surface area contributed by atoms with E-state index in [1.807, 2.05) is 19.9 Å². The van der Waals surface area contributed by atoms with Gasteiger partial charge in [-0.2, -0.15) is 8.42 Å². The van der Waals surface area contributed by atoms with Gasteiger partial charge in [-0.25, -0.2) is 19.3 Å².